The average molecular weight is 207 g/mol. The van der Waals surface area contributed by atoms with Gasteiger partial charge in [-0.2, -0.15) is 0 Å². The third kappa shape index (κ3) is 1.52. The van der Waals surface area contributed by atoms with Crippen LogP contribution in [0.1, 0.15) is 12.0 Å². The van der Waals surface area contributed by atoms with Crippen LogP contribution in [-0.2, 0) is 11.2 Å². The molecule has 1 aliphatic rings. The van der Waals surface area contributed by atoms with E-state index in [-0.39, 0.29) is 12.2 Å². The number of imide groups is 1. The highest BCUT2D eigenvalue weighted by molar-refractivity contribution is 6.13. The third-order valence-corrected chi connectivity index (χ3v) is 2.35. The second kappa shape index (κ2) is 3.27. The van der Waals surface area contributed by atoms with E-state index in [9.17, 15) is 14.7 Å². The van der Waals surface area contributed by atoms with Crippen LogP contribution in [0, 0.1) is 0 Å². The highest BCUT2D eigenvalue weighted by Crippen LogP contribution is 2.30. The van der Waals surface area contributed by atoms with Crippen molar-refractivity contribution in [2.24, 2.45) is 0 Å². The van der Waals surface area contributed by atoms with Crippen molar-refractivity contribution in [3.8, 4) is 5.75 Å². The van der Waals surface area contributed by atoms with Gasteiger partial charge in [0.15, 0.2) is 0 Å². The highest BCUT2D eigenvalue weighted by Gasteiger charge is 2.29. The first-order valence-corrected chi connectivity index (χ1v) is 4.47. The summed E-state index contributed by atoms with van der Waals surface area (Å²) in [7, 11) is 0. The summed E-state index contributed by atoms with van der Waals surface area (Å²) in [6, 6.07) is 4.29. The number of amides is 2. The quantitative estimate of drug-likeness (QED) is 0.673. The van der Waals surface area contributed by atoms with E-state index < -0.39 is 12.0 Å². The summed E-state index contributed by atoms with van der Waals surface area (Å²) in [6.07, 6.45) is -0.665. The Morgan fingerprint density at radius 2 is 2.07 bits per heavy atom. The van der Waals surface area contributed by atoms with Gasteiger partial charge in [-0.05, 0) is 30.2 Å². The lowest BCUT2D eigenvalue weighted by atomic mass is 10.0. The van der Waals surface area contributed by atoms with E-state index in [0.29, 0.717) is 17.7 Å². The molecule has 0 saturated carbocycles. The molecule has 0 aliphatic carbocycles. The number of anilines is 1. The predicted octanol–water partition coefficient (Wildman–Crippen LogP) is 1.35. The Bertz CT molecular complexity index is 441. The number of carboxylic acid groups (broad SMARTS) is 1. The molecule has 2 amide bonds. The number of aromatic hydroxyl groups is 1. The van der Waals surface area contributed by atoms with Crippen molar-refractivity contribution < 1.29 is 19.8 Å². The number of carbonyl (C=O) groups is 2. The summed E-state index contributed by atoms with van der Waals surface area (Å²) in [5, 5.41) is 18.1. The number of hydrogen-bond acceptors (Lipinski definition) is 3. The molecule has 0 aromatic heterocycles. The third-order valence-electron chi connectivity index (χ3n) is 2.35. The van der Waals surface area contributed by atoms with Crippen LogP contribution in [0.3, 0.4) is 0 Å². The van der Waals surface area contributed by atoms with Gasteiger partial charge in [-0.3, -0.25) is 4.79 Å². The lowest BCUT2D eigenvalue weighted by molar-refractivity contribution is -0.118. The Morgan fingerprint density at radius 1 is 1.33 bits per heavy atom. The molecule has 1 aromatic rings. The molecule has 1 aliphatic heterocycles. The fraction of sp³-hybridized carbons (Fsp3) is 0.200. The van der Waals surface area contributed by atoms with Gasteiger partial charge >= 0.3 is 6.09 Å². The van der Waals surface area contributed by atoms with Crippen LogP contribution in [0.4, 0.5) is 10.5 Å². The number of carbonyl (C=O) groups excluding carboxylic acids is 1. The van der Waals surface area contributed by atoms with Crippen molar-refractivity contribution in [3.63, 3.8) is 0 Å². The molecule has 0 atom stereocenters. The first-order valence-electron chi connectivity index (χ1n) is 4.47. The molecule has 5 nitrogen and oxygen atoms in total. The lowest BCUT2D eigenvalue weighted by Gasteiger charge is -2.25. The number of hydrogen-bond donors (Lipinski definition) is 2. The van der Waals surface area contributed by atoms with Crippen LogP contribution in [-0.4, -0.2) is 22.2 Å². The largest absolute Gasteiger partial charge is 0.508 e. The summed E-state index contributed by atoms with van der Waals surface area (Å²) in [4.78, 5) is 22.9. The molecule has 0 radical (unpaired) electrons. The number of rotatable bonds is 0. The Labute approximate surface area is 85.6 Å². The number of nitrogens with zero attached hydrogens (tertiary/aromatic N) is 1. The number of aryl methyl sites for hydroxylation is 1. The molecule has 2 rings (SSSR count). The summed E-state index contributed by atoms with van der Waals surface area (Å²) < 4.78 is 0. The van der Waals surface area contributed by atoms with Gasteiger partial charge in [0.1, 0.15) is 5.75 Å². The van der Waals surface area contributed by atoms with Crippen molar-refractivity contribution in [1.29, 1.82) is 0 Å². The molecular weight excluding hydrogens is 198 g/mol. The van der Waals surface area contributed by atoms with E-state index in [0.717, 1.165) is 4.90 Å². The number of phenolic OH excluding ortho intramolecular Hbond substituents is 1. The Morgan fingerprint density at radius 3 is 2.73 bits per heavy atom. The summed E-state index contributed by atoms with van der Waals surface area (Å²) in [6.45, 7) is 0. The Balaban J connectivity index is 2.53. The summed E-state index contributed by atoms with van der Waals surface area (Å²) in [5.74, 6) is -0.353. The van der Waals surface area contributed by atoms with Crippen molar-refractivity contribution >= 4 is 17.7 Å². The molecule has 0 unspecified atom stereocenters. The van der Waals surface area contributed by atoms with E-state index >= 15 is 0 Å². The smallest absolute Gasteiger partial charge is 0.418 e. The van der Waals surface area contributed by atoms with Gasteiger partial charge in [-0.15, -0.1) is 0 Å². The monoisotopic (exact) mass is 207 g/mol. The van der Waals surface area contributed by atoms with E-state index in [1.54, 1.807) is 0 Å². The van der Waals surface area contributed by atoms with Crippen LogP contribution in [0.15, 0.2) is 18.2 Å². The number of phenols is 1. The molecule has 1 heterocycles. The maximum Gasteiger partial charge on any atom is 0.418 e. The minimum Gasteiger partial charge on any atom is -0.508 e. The Kier molecular flexibility index (Phi) is 2.07. The fourth-order valence-electron chi connectivity index (χ4n) is 1.69. The van der Waals surface area contributed by atoms with Gasteiger partial charge in [-0.1, -0.05) is 0 Å². The van der Waals surface area contributed by atoms with Gasteiger partial charge in [0, 0.05) is 6.42 Å². The molecule has 0 saturated heterocycles. The van der Waals surface area contributed by atoms with E-state index in [1.165, 1.54) is 18.2 Å². The SMILES string of the molecule is O=C(O)N1C(=O)CCc2cc(O)ccc21. The second-order valence-corrected chi connectivity index (χ2v) is 3.32. The maximum absolute atomic E-state index is 11.4. The van der Waals surface area contributed by atoms with Gasteiger partial charge in [-0.25, -0.2) is 9.69 Å². The van der Waals surface area contributed by atoms with Crippen molar-refractivity contribution in [2.75, 3.05) is 4.90 Å². The van der Waals surface area contributed by atoms with Gasteiger partial charge in [0.2, 0.25) is 5.91 Å². The molecule has 15 heavy (non-hydrogen) atoms. The summed E-state index contributed by atoms with van der Waals surface area (Å²) >= 11 is 0. The van der Waals surface area contributed by atoms with Crippen molar-refractivity contribution in [2.45, 2.75) is 12.8 Å². The molecule has 0 spiro atoms. The molecule has 0 fully saturated rings. The van der Waals surface area contributed by atoms with E-state index in [4.69, 9.17) is 5.11 Å². The van der Waals surface area contributed by atoms with Gasteiger partial charge in [0.25, 0.3) is 0 Å². The zero-order valence-corrected chi connectivity index (χ0v) is 7.80. The van der Waals surface area contributed by atoms with Gasteiger partial charge < -0.3 is 10.2 Å². The second-order valence-electron chi connectivity index (χ2n) is 3.32. The van der Waals surface area contributed by atoms with E-state index in [2.05, 4.69) is 0 Å². The minimum atomic E-state index is -1.29. The zero-order valence-electron chi connectivity index (χ0n) is 7.80. The first kappa shape index (κ1) is 9.51. The highest BCUT2D eigenvalue weighted by atomic mass is 16.4. The maximum atomic E-state index is 11.4. The normalized spacial score (nSPS) is 14.9. The molecule has 2 N–H and O–H groups in total. The average Bonchev–Trinajstić information content (AvgIpc) is 2.17. The first-order chi connectivity index (χ1) is 7.09. The molecule has 0 bridgehead atoms. The van der Waals surface area contributed by atoms with E-state index in [1.807, 2.05) is 0 Å². The lowest BCUT2D eigenvalue weighted by Crippen LogP contribution is -2.39. The predicted molar refractivity (Wildman–Crippen MR) is 51.9 cm³/mol. The topological polar surface area (TPSA) is 77.8 Å². The van der Waals surface area contributed by atoms with Crippen LogP contribution >= 0.6 is 0 Å². The molecule has 5 heteroatoms. The van der Waals surface area contributed by atoms with Crippen LogP contribution in [0.2, 0.25) is 0 Å². The fourth-order valence-corrected chi connectivity index (χ4v) is 1.69. The Hall–Kier alpha value is -2.04. The minimum absolute atomic E-state index is 0.0773. The van der Waals surface area contributed by atoms with Crippen molar-refractivity contribution in [3.05, 3.63) is 23.8 Å². The zero-order chi connectivity index (χ0) is 11.0. The standard InChI is InChI=1S/C10H9NO4/c12-7-2-3-8-6(5-7)1-4-9(13)11(8)10(14)15/h2-3,5,12H,1,4H2,(H,14,15). The van der Waals surface area contributed by atoms with Crippen molar-refractivity contribution in [1.82, 2.24) is 0 Å². The van der Waals surface area contributed by atoms with Crippen LogP contribution in [0.5, 0.6) is 5.75 Å². The molecular formula is C10H9NO4. The van der Waals surface area contributed by atoms with Gasteiger partial charge in [0.05, 0.1) is 5.69 Å². The van der Waals surface area contributed by atoms with Crippen LogP contribution < -0.4 is 4.90 Å². The summed E-state index contributed by atoms with van der Waals surface area (Å²) in [5.41, 5.74) is 1.02. The molecule has 78 valence electrons. The number of fused-ring (bicyclic) bond motifs is 1. The number of benzene rings is 1. The molecule has 1 aromatic carbocycles. The van der Waals surface area contributed by atoms with Crippen LogP contribution in [0.25, 0.3) is 0 Å².